The quantitative estimate of drug-likeness (QED) is 0.115. The van der Waals surface area contributed by atoms with Gasteiger partial charge in [0.05, 0.1) is 11.9 Å². The van der Waals surface area contributed by atoms with Crippen molar-refractivity contribution in [2.45, 2.75) is 91.4 Å². The number of nitrogens with zero attached hydrogens (tertiary/aromatic N) is 3. The summed E-state index contributed by atoms with van der Waals surface area (Å²) in [4.78, 5) is 43.1. The van der Waals surface area contributed by atoms with Gasteiger partial charge in [0.25, 0.3) is 0 Å². The lowest BCUT2D eigenvalue weighted by atomic mass is 9.94. The third-order valence-electron chi connectivity index (χ3n) is 7.81. The number of nitrogens with two attached hydrogens (primary N) is 1. The van der Waals surface area contributed by atoms with Gasteiger partial charge in [-0.25, -0.2) is 4.98 Å². The number of imidazole rings is 1. The van der Waals surface area contributed by atoms with Crippen molar-refractivity contribution in [3.8, 4) is 12.8 Å². The van der Waals surface area contributed by atoms with E-state index in [1.807, 2.05) is 76.9 Å². The fourth-order valence-corrected chi connectivity index (χ4v) is 4.91. The van der Waals surface area contributed by atoms with E-state index in [-0.39, 0.29) is 0 Å². The predicted octanol–water partition coefficient (Wildman–Crippen LogP) is 6.85. The third-order valence-corrected chi connectivity index (χ3v) is 7.81. The van der Waals surface area contributed by atoms with Crippen molar-refractivity contribution in [1.82, 2.24) is 14.9 Å². The highest BCUT2D eigenvalue weighted by atomic mass is 16.1. The topological polar surface area (TPSA) is 112 Å². The summed E-state index contributed by atoms with van der Waals surface area (Å²) in [6.07, 6.45) is 24.8. The number of aldehydes is 1. The standard InChI is InChI=1S/C23H31N3O2.C8H15N.C2H6.C2H2.CH5N.CH2O/c1-4-20(28)12-7-5-6-8-14-23-24-16-21(25-23)19(17-27)15-18-11-9-10-13-22(18)26(2)3;1-9-6-4-8(2-3-8)5-7-9;4*1-2/h9-11,13,15-17H,4-8,12,14H2,1-3H3,(H,24,25);2-7H2,1H3;1-2H3;1-2H;2H2,1H3;1H2/b19-15+;;;;;. The van der Waals surface area contributed by atoms with Crippen LogP contribution in [0.15, 0.2) is 30.5 Å². The Hall–Kier alpha value is -3.54. The first-order valence-corrected chi connectivity index (χ1v) is 16.2. The zero-order chi connectivity index (χ0) is 34.7. The van der Waals surface area contributed by atoms with E-state index >= 15 is 0 Å². The molecular formula is C37H61N5O3. The second kappa shape index (κ2) is 26.8. The van der Waals surface area contributed by atoms with Crippen molar-refractivity contribution in [3.05, 3.63) is 47.5 Å². The van der Waals surface area contributed by atoms with Gasteiger partial charge in [-0.2, -0.15) is 0 Å². The first kappa shape index (κ1) is 43.6. The van der Waals surface area contributed by atoms with E-state index in [2.05, 4.69) is 40.5 Å². The summed E-state index contributed by atoms with van der Waals surface area (Å²) in [5, 5.41) is 0. The Labute approximate surface area is 274 Å². The first-order chi connectivity index (χ1) is 21.9. The van der Waals surface area contributed by atoms with Crippen molar-refractivity contribution in [2.75, 3.05) is 46.2 Å². The van der Waals surface area contributed by atoms with Gasteiger partial charge >= 0.3 is 0 Å². The van der Waals surface area contributed by atoms with Crippen LogP contribution in [-0.2, 0) is 20.8 Å². The molecule has 2 aliphatic rings. The number of aromatic amines is 1. The molecule has 3 N–H and O–H groups in total. The Kier molecular flexibility index (Phi) is 26.0. The Morgan fingerprint density at radius 3 is 2.16 bits per heavy atom. The fourth-order valence-electron chi connectivity index (χ4n) is 4.91. The largest absolute Gasteiger partial charge is 0.377 e. The van der Waals surface area contributed by atoms with Gasteiger partial charge < -0.3 is 25.3 Å². The molecule has 0 amide bonds. The van der Waals surface area contributed by atoms with E-state index in [4.69, 9.17) is 4.79 Å². The number of terminal acetylenes is 1. The van der Waals surface area contributed by atoms with Gasteiger partial charge in [-0.05, 0) is 88.8 Å². The maximum absolute atomic E-state index is 11.7. The SMILES string of the molecule is C#C.C=O.CC.CCC(=O)CCCCCCc1ncc(/C(C=O)=C/c2ccccc2N(C)C)[nH]1.CN.CN1CCC2(CC1)CC2. The lowest BCUT2D eigenvalue weighted by Crippen LogP contribution is -2.30. The van der Waals surface area contributed by atoms with E-state index in [1.165, 1.54) is 45.8 Å². The summed E-state index contributed by atoms with van der Waals surface area (Å²) >= 11 is 0. The molecule has 1 aromatic carbocycles. The molecule has 2 fully saturated rings. The molecule has 0 bridgehead atoms. The first-order valence-electron chi connectivity index (χ1n) is 16.2. The number of nitrogens with one attached hydrogen (secondary N) is 1. The highest BCUT2D eigenvalue weighted by Crippen LogP contribution is 2.53. The molecule has 0 atom stereocenters. The van der Waals surface area contributed by atoms with E-state index < -0.39 is 0 Å². The molecule has 1 aliphatic carbocycles. The summed E-state index contributed by atoms with van der Waals surface area (Å²) in [5.41, 5.74) is 8.75. The molecule has 1 saturated heterocycles. The van der Waals surface area contributed by atoms with Gasteiger partial charge in [0.2, 0.25) is 0 Å². The number of benzene rings is 1. The van der Waals surface area contributed by atoms with Crippen molar-refractivity contribution in [3.63, 3.8) is 0 Å². The molecule has 4 rings (SSSR count). The number of hydrogen-bond acceptors (Lipinski definition) is 7. The minimum Gasteiger partial charge on any atom is -0.377 e. The van der Waals surface area contributed by atoms with Crippen LogP contribution in [-0.4, -0.2) is 75.0 Å². The van der Waals surface area contributed by atoms with E-state index in [0.717, 1.165) is 66.6 Å². The van der Waals surface area contributed by atoms with Crippen LogP contribution < -0.4 is 10.6 Å². The van der Waals surface area contributed by atoms with Crippen LogP contribution in [0.25, 0.3) is 11.6 Å². The lowest BCUT2D eigenvalue weighted by Gasteiger charge is -2.28. The number of anilines is 1. The average Bonchev–Trinajstić information content (AvgIpc) is 3.70. The van der Waals surface area contributed by atoms with Gasteiger partial charge in [-0.15, -0.1) is 12.8 Å². The van der Waals surface area contributed by atoms with Crippen molar-refractivity contribution in [1.29, 1.82) is 0 Å². The maximum atomic E-state index is 11.7. The molecule has 0 unspecified atom stereocenters. The summed E-state index contributed by atoms with van der Waals surface area (Å²) < 4.78 is 0. The molecule has 1 spiro atoms. The summed E-state index contributed by atoms with van der Waals surface area (Å²) in [5.74, 6) is 1.24. The van der Waals surface area contributed by atoms with Gasteiger partial charge in [-0.1, -0.05) is 51.8 Å². The number of rotatable bonds is 12. The Bertz CT molecular complexity index is 1090. The number of carbonyl (C=O) groups excluding carboxylic acids is 3. The lowest BCUT2D eigenvalue weighted by molar-refractivity contribution is -0.118. The Balaban J connectivity index is 0. The Morgan fingerprint density at radius 2 is 1.62 bits per heavy atom. The van der Waals surface area contributed by atoms with Gasteiger partial charge in [0.1, 0.15) is 18.4 Å². The molecule has 0 radical (unpaired) electrons. The van der Waals surface area contributed by atoms with Crippen LogP contribution in [0.5, 0.6) is 0 Å². The number of ketones is 1. The normalized spacial score (nSPS) is 14.1. The second-order valence-electron chi connectivity index (χ2n) is 11.0. The minimum atomic E-state index is 0.347. The maximum Gasteiger partial charge on any atom is 0.152 e. The molecule has 1 aromatic heterocycles. The predicted molar refractivity (Wildman–Crippen MR) is 192 cm³/mol. The second-order valence-corrected chi connectivity index (χ2v) is 11.0. The van der Waals surface area contributed by atoms with Crippen LogP contribution in [0.2, 0.25) is 0 Å². The van der Waals surface area contributed by atoms with E-state index in [1.54, 1.807) is 6.20 Å². The molecule has 252 valence electrons. The van der Waals surface area contributed by atoms with Crippen molar-refractivity contribution in [2.24, 2.45) is 11.1 Å². The number of aryl methyl sites for hydroxylation is 1. The van der Waals surface area contributed by atoms with E-state index in [9.17, 15) is 9.59 Å². The Morgan fingerprint density at radius 1 is 1.04 bits per heavy atom. The number of allylic oxidation sites excluding steroid dienone is 1. The number of H-pyrrole nitrogens is 1. The molecule has 8 nitrogen and oxygen atoms in total. The van der Waals surface area contributed by atoms with Crippen LogP contribution in [0.4, 0.5) is 5.69 Å². The number of likely N-dealkylation sites (tertiary alicyclic amines) is 1. The van der Waals surface area contributed by atoms with Crippen LogP contribution in [0.1, 0.15) is 102 Å². The van der Waals surface area contributed by atoms with Crippen LogP contribution in [0, 0.1) is 18.3 Å². The molecule has 2 aromatic rings. The van der Waals surface area contributed by atoms with Gasteiger partial charge in [0.15, 0.2) is 6.29 Å². The smallest absolute Gasteiger partial charge is 0.152 e. The highest BCUT2D eigenvalue weighted by Gasteiger charge is 2.43. The van der Waals surface area contributed by atoms with Crippen molar-refractivity contribution >= 4 is 36.2 Å². The van der Waals surface area contributed by atoms with Crippen molar-refractivity contribution < 1.29 is 14.4 Å². The zero-order valence-electron chi connectivity index (χ0n) is 29.2. The van der Waals surface area contributed by atoms with Crippen LogP contribution >= 0.6 is 0 Å². The number of carbonyl (C=O) groups is 3. The number of unbranched alkanes of at least 4 members (excludes halogenated alkanes) is 3. The number of piperidine rings is 1. The summed E-state index contributed by atoms with van der Waals surface area (Å²) in [7, 11) is 7.70. The highest BCUT2D eigenvalue weighted by molar-refractivity contribution is 6.13. The zero-order valence-corrected chi connectivity index (χ0v) is 29.2. The average molecular weight is 624 g/mol. The molecular weight excluding hydrogens is 562 g/mol. The summed E-state index contributed by atoms with van der Waals surface area (Å²) in [6, 6.07) is 7.98. The number of Topliss-reactive ketones (excluding diaryl/α,β-unsaturated/α-hetero) is 1. The van der Waals surface area contributed by atoms with Gasteiger partial charge in [-0.3, -0.25) is 9.59 Å². The minimum absolute atomic E-state index is 0.347. The molecule has 8 heteroatoms. The fraction of sp³-hybridized carbons (Fsp3) is 0.568. The third kappa shape index (κ3) is 17.5. The monoisotopic (exact) mass is 623 g/mol. The molecule has 1 saturated carbocycles. The van der Waals surface area contributed by atoms with Gasteiger partial charge in [0, 0.05) is 44.6 Å². The number of aromatic nitrogens is 2. The van der Waals surface area contributed by atoms with Crippen LogP contribution in [0.3, 0.4) is 0 Å². The number of hydrogen-bond donors (Lipinski definition) is 2. The molecule has 1 aliphatic heterocycles. The van der Waals surface area contributed by atoms with E-state index in [0.29, 0.717) is 24.2 Å². The molecule has 2 heterocycles. The number of para-hydroxylation sites is 1. The summed E-state index contributed by atoms with van der Waals surface area (Å²) in [6.45, 7) is 10.6. The molecule has 45 heavy (non-hydrogen) atoms.